The summed E-state index contributed by atoms with van der Waals surface area (Å²) in [4.78, 5) is 8.59. The number of nitrogens with zero attached hydrogens (tertiary/aromatic N) is 2. The Bertz CT molecular complexity index is 577. The molecule has 6 heteroatoms. The highest BCUT2D eigenvalue weighted by atomic mass is 79.9. The number of hydrogen-bond donors (Lipinski definition) is 1. The van der Waals surface area contributed by atoms with Crippen molar-refractivity contribution in [2.24, 2.45) is 5.73 Å². The highest BCUT2D eigenvalue weighted by Gasteiger charge is 2.11. The smallest absolute Gasteiger partial charge is 0.237 e. The molecule has 0 aliphatic rings. The quantitative estimate of drug-likeness (QED) is 0.941. The lowest BCUT2D eigenvalue weighted by molar-refractivity contribution is 0.390. The second-order valence-corrected chi connectivity index (χ2v) is 4.75. The van der Waals surface area contributed by atoms with Gasteiger partial charge in [0, 0.05) is 16.6 Å². The van der Waals surface area contributed by atoms with Crippen LogP contribution < -0.4 is 10.5 Å². The summed E-state index contributed by atoms with van der Waals surface area (Å²) in [5, 5.41) is 0.592. The first kappa shape index (κ1) is 13.3. The molecule has 0 radical (unpaired) electrons. The Morgan fingerprint density at radius 2 is 2.22 bits per heavy atom. The molecular formula is C12H11BrClN3O. The van der Waals surface area contributed by atoms with Crippen LogP contribution in [0, 0.1) is 0 Å². The van der Waals surface area contributed by atoms with Gasteiger partial charge in [-0.25, -0.2) is 4.98 Å². The monoisotopic (exact) mass is 327 g/mol. The van der Waals surface area contributed by atoms with Gasteiger partial charge in [0.25, 0.3) is 0 Å². The molecule has 18 heavy (non-hydrogen) atoms. The van der Waals surface area contributed by atoms with Gasteiger partial charge < -0.3 is 10.5 Å². The first-order chi connectivity index (χ1) is 8.67. The van der Waals surface area contributed by atoms with Gasteiger partial charge in [-0.15, -0.1) is 0 Å². The Morgan fingerprint density at radius 1 is 1.44 bits per heavy atom. The molecule has 0 amide bonds. The minimum Gasteiger partial charge on any atom is -0.480 e. The van der Waals surface area contributed by atoms with Crippen LogP contribution in [0.4, 0.5) is 0 Å². The number of aromatic nitrogens is 2. The number of rotatable bonds is 3. The molecule has 1 aromatic carbocycles. The molecule has 1 heterocycles. The van der Waals surface area contributed by atoms with Crippen LogP contribution in [0.2, 0.25) is 5.02 Å². The maximum absolute atomic E-state index is 6.22. The number of nitrogens with two attached hydrogens (primary N) is 1. The van der Waals surface area contributed by atoms with E-state index in [4.69, 9.17) is 22.1 Å². The lowest BCUT2D eigenvalue weighted by Crippen LogP contribution is -2.05. The van der Waals surface area contributed by atoms with Crippen molar-refractivity contribution >= 4 is 27.5 Å². The van der Waals surface area contributed by atoms with E-state index in [1.165, 1.54) is 7.11 Å². The van der Waals surface area contributed by atoms with Crippen LogP contribution in [0.25, 0.3) is 11.3 Å². The Labute approximate surface area is 118 Å². The second-order valence-electron chi connectivity index (χ2n) is 3.52. The van der Waals surface area contributed by atoms with Crippen LogP contribution >= 0.6 is 27.5 Å². The molecule has 0 spiro atoms. The van der Waals surface area contributed by atoms with Crippen molar-refractivity contribution in [2.75, 3.05) is 7.11 Å². The summed E-state index contributed by atoms with van der Waals surface area (Å²) in [6.45, 7) is 0.280. The van der Waals surface area contributed by atoms with Crippen LogP contribution in [0.5, 0.6) is 5.88 Å². The maximum Gasteiger partial charge on any atom is 0.237 e. The number of ether oxygens (including phenoxy) is 1. The third kappa shape index (κ3) is 2.48. The van der Waals surface area contributed by atoms with Crippen molar-refractivity contribution in [3.8, 4) is 17.1 Å². The molecule has 0 unspecified atom stereocenters. The molecule has 2 rings (SSSR count). The minimum atomic E-state index is 0.280. The largest absolute Gasteiger partial charge is 0.480 e. The van der Waals surface area contributed by atoms with Crippen molar-refractivity contribution in [1.29, 1.82) is 0 Å². The highest BCUT2D eigenvalue weighted by Crippen LogP contribution is 2.33. The van der Waals surface area contributed by atoms with Crippen LogP contribution in [0.15, 0.2) is 28.9 Å². The molecule has 0 aliphatic carbocycles. The molecule has 4 nitrogen and oxygen atoms in total. The summed E-state index contributed by atoms with van der Waals surface area (Å²) >= 11 is 9.59. The summed E-state index contributed by atoms with van der Waals surface area (Å²) in [6.07, 6.45) is 1.64. The molecule has 2 aromatic rings. The second kappa shape index (κ2) is 5.65. The van der Waals surface area contributed by atoms with E-state index >= 15 is 0 Å². The first-order valence-corrected chi connectivity index (χ1v) is 6.38. The minimum absolute atomic E-state index is 0.280. The topological polar surface area (TPSA) is 61.0 Å². The van der Waals surface area contributed by atoms with Gasteiger partial charge in [-0.1, -0.05) is 23.7 Å². The highest BCUT2D eigenvalue weighted by molar-refractivity contribution is 9.10. The molecule has 0 fully saturated rings. The molecule has 0 bridgehead atoms. The van der Waals surface area contributed by atoms with Gasteiger partial charge in [-0.05, 0) is 22.0 Å². The van der Waals surface area contributed by atoms with Gasteiger partial charge in [0.2, 0.25) is 5.88 Å². The summed E-state index contributed by atoms with van der Waals surface area (Å²) in [6, 6.07) is 5.62. The molecule has 94 valence electrons. The van der Waals surface area contributed by atoms with Crippen LogP contribution in [0.1, 0.15) is 5.69 Å². The third-order valence-electron chi connectivity index (χ3n) is 2.43. The summed E-state index contributed by atoms with van der Waals surface area (Å²) in [5.74, 6) is 0.422. The average molecular weight is 329 g/mol. The summed E-state index contributed by atoms with van der Waals surface area (Å²) in [5.41, 5.74) is 7.61. The normalized spacial score (nSPS) is 10.4. The molecule has 1 aromatic heterocycles. The predicted molar refractivity (Wildman–Crippen MR) is 74.6 cm³/mol. The van der Waals surface area contributed by atoms with Crippen LogP contribution in [-0.4, -0.2) is 17.1 Å². The van der Waals surface area contributed by atoms with Crippen molar-refractivity contribution in [1.82, 2.24) is 9.97 Å². The first-order valence-electron chi connectivity index (χ1n) is 5.21. The van der Waals surface area contributed by atoms with E-state index in [-0.39, 0.29) is 6.54 Å². The van der Waals surface area contributed by atoms with E-state index in [9.17, 15) is 0 Å². The van der Waals surface area contributed by atoms with Gasteiger partial charge in [-0.2, -0.15) is 0 Å². The van der Waals surface area contributed by atoms with Gasteiger partial charge in [0.1, 0.15) is 5.69 Å². The Morgan fingerprint density at radius 3 is 2.89 bits per heavy atom. The fraction of sp³-hybridized carbons (Fsp3) is 0.167. The fourth-order valence-electron chi connectivity index (χ4n) is 1.53. The van der Waals surface area contributed by atoms with Crippen molar-refractivity contribution in [2.45, 2.75) is 6.54 Å². The number of halogens is 2. The molecule has 2 N–H and O–H groups in total. The van der Waals surface area contributed by atoms with Gasteiger partial charge in [-0.3, -0.25) is 4.98 Å². The van der Waals surface area contributed by atoms with Gasteiger partial charge in [0.05, 0.1) is 24.0 Å². The van der Waals surface area contributed by atoms with Crippen molar-refractivity contribution in [3.63, 3.8) is 0 Å². The van der Waals surface area contributed by atoms with Crippen LogP contribution in [-0.2, 0) is 6.54 Å². The number of benzene rings is 1. The zero-order valence-electron chi connectivity index (χ0n) is 9.65. The maximum atomic E-state index is 6.22. The van der Waals surface area contributed by atoms with Crippen molar-refractivity contribution < 1.29 is 4.74 Å². The predicted octanol–water partition coefficient (Wildman–Crippen LogP) is 3.03. The molecule has 0 atom stereocenters. The van der Waals surface area contributed by atoms with E-state index in [1.54, 1.807) is 6.20 Å². The van der Waals surface area contributed by atoms with Crippen LogP contribution in [0.3, 0.4) is 0 Å². The van der Waals surface area contributed by atoms with E-state index in [1.807, 2.05) is 18.2 Å². The molecule has 0 aliphatic heterocycles. The summed E-state index contributed by atoms with van der Waals surface area (Å²) < 4.78 is 5.97. The zero-order valence-corrected chi connectivity index (χ0v) is 12.0. The number of hydrogen-bond acceptors (Lipinski definition) is 4. The van der Waals surface area contributed by atoms with Crippen molar-refractivity contribution in [3.05, 3.63) is 39.6 Å². The Balaban J connectivity index is 2.54. The molecular weight excluding hydrogens is 318 g/mol. The molecule has 0 saturated carbocycles. The number of methoxy groups -OCH3 is 1. The average Bonchev–Trinajstić information content (AvgIpc) is 2.41. The van der Waals surface area contributed by atoms with Gasteiger partial charge >= 0.3 is 0 Å². The zero-order chi connectivity index (χ0) is 13.1. The lowest BCUT2D eigenvalue weighted by Gasteiger charge is -2.09. The van der Waals surface area contributed by atoms with E-state index in [0.29, 0.717) is 22.3 Å². The van der Waals surface area contributed by atoms with E-state index < -0.39 is 0 Å². The fourth-order valence-corrected chi connectivity index (χ4v) is 2.12. The SMILES string of the molecule is COc1nc(-c2cccc(Br)c2Cl)cnc1CN. The molecule has 0 saturated heterocycles. The van der Waals surface area contributed by atoms with E-state index in [2.05, 4.69) is 25.9 Å². The summed E-state index contributed by atoms with van der Waals surface area (Å²) in [7, 11) is 1.54. The Hall–Kier alpha value is -1.17. The van der Waals surface area contributed by atoms with E-state index in [0.717, 1.165) is 10.0 Å². The van der Waals surface area contributed by atoms with Gasteiger partial charge in [0.15, 0.2) is 0 Å². The standard InChI is InChI=1S/C12H11BrClN3O/c1-18-12-9(5-15)16-6-10(17-12)7-3-2-4-8(13)11(7)14/h2-4,6H,5,15H2,1H3. The lowest BCUT2D eigenvalue weighted by atomic mass is 10.1. The Kier molecular flexibility index (Phi) is 4.16. The third-order valence-corrected chi connectivity index (χ3v) is 3.72.